The van der Waals surface area contributed by atoms with Crippen molar-refractivity contribution >= 4 is 42.2 Å². The summed E-state index contributed by atoms with van der Waals surface area (Å²) < 4.78 is 0. The van der Waals surface area contributed by atoms with Gasteiger partial charge in [-0.05, 0) is 13.8 Å². The molecule has 3 heteroatoms. The van der Waals surface area contributed by atoms with Crippen molar-refractivity contribution in [1.82, 2.24) is 0 Å². The van der Waals surface area contributed by atoms with Gasteiger partial charge >= 0.3 is 23.1 Å². The summed E-state index contributed by atoms with van der Waals surface area (Å²) in [5.74, 6) is 0. The van der Waals surface area contributed by atoms with E-state index < -0.39 is 0 Å². The molecule has 2 rings (SSSR count). The van der Waals surface area contributed by atoms with Crippen LogP contribution in [0.3, 0.4) is 0 Å². The van der Waals surface area contributed by atoms with Gasteiger partial charge in [-0.2, -0.15) is 10.6 Å². The van der Waals surface area contributed by atoms with E-state index in [-0.39, 0.29) is 40.0 Å². The summed E-state index contributed by atoms with van der Waals surface area (Å²) in [6.07, 6.45) is 0. The Morgan fingerprint density at radius 1 is 0.706 bits per heavy atom. The van der Waals surface area contributed by atoms with E-state index in [9.17, 15) is 0 Å². The third-order valence-electron chi connectivity index (χ3n) is 2.47. The summed E-state index contributed by atoms with van der Waals surface area (Å²) in [5.41, 5.74) is 2.73. The SMILES string of the molecule is Cc1ccccc1[P-]c1ccccc1C.[Br-].[Mg+2]. The molecule has 0 unspecified atom stereocenters. The molecule has 0 saturated carbocycles. The van der Waals surface area contributed by atoms with Crippen LogP contribution in [-0.2, 0) is 0 Å². The molecule has 0 aromatic heterocycles. The number of aryl methyl sites for hydroxylation is 2. The second-order valence-corrected chi connectivity index (χ2v) is 4.87. The van der Waals surface area contributed by atoms with Crippen LogP contribution in [0, 0.1) is 13.8 Å². The first-order valence-electron chi connectivity index (χ1n) is 5.10. The molecule has 17 heavy (non-hydrogen) atoms. The van der Waals surface area contributed by atoms with Gasteiger partial charge in [-0.15, -0.1) is 0 Å². The van der Waals surface area contributed by atoms with Gasteiger partial charge < -0.3 is 25.6 Å². The summed E-state index contributed by atoms with van der Waals surface area (Å²) in [5, 5.41) is 2.79. The van der Waals surface area contributed by atoms with Crippen LogP contribution >= 0.6 is 8.58 Å². The first-order valence-corrected chi connectivity index (χ1v) is 6.00. The molecule has 0 aliphatic carbocycles. The number of benzene rings is 2. The van der Waals surface area contributed by atoms with E-state index >= 15 is 0 Å². The van der Waals surface area contributed by atoms with Gasteiger partial charge in [0.25, 0.3) is 0 Å². The van der Waals surface area contributed by atoms with Crippen molar-refractivity contribution in [1.29, 1.82) is 0 Å². The topological polar surface area (TPSA) is 0 Å². The summed E-state index contributed by atoms with van der Waals surface area (Å²) in [4.78, 5) is 0. The number of halogens is 1. The Morgan fingerprint density at radius 2 is 1.06 bits per heavy atom. The minimum Gasteiger partial charge on any atom is -1.00 e. The van der Waals surface area contributed by atoms with Crippen molar-refractivity contribution in [3.63, 3.8) is 0 Å². The van der Waals surface area contributed by atoms with Crippen molar-refractivity contribution in [2.24, 2.45) is 0 Å². The summed E-state index contributed by atoms with van der Waals surface area (Å²) in [6.45, 7) is 4.33. The van der Waals surface area contributed by atoms with Crippen LogP contribution in [-0.4, -0.2) is 23.1 Å². The standard InChI is InChI=1S/C14H14P.BrH.Mg/c1-11-7-3-5-9-13(11)15-14-10-6-4-8-12(14)2;;/h3-10H,1-2H3;1H;/q-1;;+2/p-1. The fourth-order valence-corrected chi connectivity index (χ4v) is 2.59. The summed E-state index contributed by atoms with van der Waals surface area (Å²) in [6, 6.07) is 17.1. The van der Waals surface area contributed by atoms with Crippen LogP contribution in [0.25, 0.3) is 0 Å². The van der Waals surface area contributed by atoms with Crippen molar-refractivity contribution in [3.05, 3.63) is 59.7 Å². The second-order valence-electron chi connectivity index (χ2n) is 3.68. The zero-order valence-electron chi connectivity index (χ0n) is 10.2. The Morgan fingerprint density at radius 3 is 1.41 bits per heavy atom. The number of hydrogen-bond donors (Lipinski definition) is 0. The van der Waals surface area contributed by atoms with E-state index in [2.05, 4.69) is 62.4 Å². The summed E-state index contributed by atoms with van der Waals surface area (Å²) >= 11 is 0. The van der Waals surface area contributed by atoms with Gasteiger partial charge in [0, 0.05) is 0 Å². The molecule has 0 bridgehead atoms. The molecule has 0 atom stereocenters. The molecule has 0 N–H and O–H groups in total. The van der Waals surface area contributed by atoms with E-state index in [1.165, 1.54) is 30.3 Å². The molecule has 0 aliphatic heterocycles. The van der Waals surface area contributed by atoms with Crippen LogP contribution in [0.4, 0.5) is 0 Å². The molecule has 84 valence electrons. The van der Waals surface area contributed by atoms with E-state index in [1.54, 1.807) is 0 Å². The third kappa shape index (κ3) is 4.71. The summed E-state index contributed by atoms with van der Waals surface area (Å²) in [7, 11) is 1.31. The maximum Gasteiger partial charge on any atom is 2.00 e. The monoisotopic (exact) mass is 316 g/mol. The quantitative estimate of drug-likeness (QED) is 0.533. The Hall–Kier alpha value is 0.116. The van der Waals surface area contributed by atoms with E-state index in [0.29, 0.717) is 0 Å². The normalized spacial score (nSPS) is 9.06. The molecule has 0 amide bonds. The first-order chi connectivity index (χ1) is 7.27. The average Bonchev–Trinajstić information content (AvgIpc) is 2.24. The molecule has 0 fully saturated rings. The second kappa shape index (κ2) is 8.26. The Labute approximate surface area is 132 Å². The van der Waals surface area contributed by atoms with Crippen molar-refractivity contribution in [3.8, 4) is 0 Å². The predicted molar refractivity (Wildman–Crippen MR) is 74.3 cm³/mol. The fourth-order valence-electron chi connectivity index (χ4n) is 1.51. The van der Waals surface area contributed by atoms with Gasteiger partial charge in [0.15, 0.2) is 0 Å². The van der Waals surface area contributed by atoms with Crippen molar-refractivity contribution in [2.45, 2.75) is 13.8 Å². The van der Waals surface area contributed by atoms with Gasteiger partial charge in [-0.1, -0.05) is 59.7 Å². The van der Waals surface area contributed by atoms with Gasteiger partial charge in [0.05, 0.1) is 0 Å². The van der Waals surface area contributed by atoms with Gasteiger partial charge in [-0.25, -0.2) is 0 Å². The van der Waals surface area contributed by atoms with E-state index in [4.69, 9.17) is 0 Å². The zero-order chi connectivity index (χ0) is 10.7. The molecule has 0 spiro atoms. The molecule has 0 aliphatic rings. The smallest absolute Gasteiger partial charge is 1.00 e. The molecule has 0 heterocycles. The van der Waals surface area contributed by atoms with Gasteiger partial charge in [-0.3, -0.25) is 0 Å². The largest absolute Gasteiger partial charge is 2.00 e. The Balaban J connectivity index is 0.00000128. The Kier molecular flexibility index (Phi) is 8.32. The average molecular weight is 317 g/mol. The Bertz CT molecular complexity index is 428. The van der Waals surface area contributed by atoms with Gasteiger partial charge in [0.1, 0.15) is 0 Å². The minimum atomic E-state index is 0. The molecule has 2 aromatic carbocycles. The maximum atomic E-state index is 2.20. The number of rotatable bonds is 2. The van der Waals surface area contributed by atoms with Crippen molar-refractivity contribution < 1.29 is 17.0 Å². The maximum absolute atomic E-state index is 2.20. The van der Waals surface area contributed by atoms with Crippen LogP contribution in [0.1, 0.15) is 11.1 Å². The predicted octanol–water partition coefficient (Wildman–Crippen LogP) is -0.176. The fraction of sp³-hybridized carbons (Fsp3) is 0.143. The molecule has 2 aromatic rings. The van der Waals surface area contributed by atoms with Crippen LogP contribution in [0.2, 0.25) is 0 Å². The van der Waals surface area contributed by atoms with Crippen molar-refractivity contribution in [2.75, 3.05) is 0 Å². The van der Waals surface area contributed by atoms with Crippen LogP contribution < -0.4 is 27.6 Å². The van der Waals surface area contributed by atoms with E-state index in [1.807, 2.05) is 0 Å². The number of hydrogen-bond acceptors (Lipinski definition) is 0. The van der Waals surface area contributed by atoms with E-state index in [0.717, 1.165) is 0 Å². The molecular formula is C14H14BrMgP. The molecular weight excluding hydrogens is 303 g/mol. The third-order valence-corrected chi connectivity index (χ3v) is 3.96. The zero-order valence-corrected chi connectivity index (χ0v) is 14.0. The van der Waals surface area contributed by atoms with Crippen LogP contribution in [0.15, 0.2) is 48.5 Å². The molecule has 0 nitrogen and oxygen atoms in total. The molecule has 0 radical (unpaired) electrons. The minimum absolute atomic E-state index is 0. The molecule has 0 saturated heterocycles. The van der Waals surface area contributed by atoms with Crippen LogP contribution in [0.5, 0.6) is 0 Å². The first kappa shape index (κ1) is 17.1. The van der Waals surface area contributed by atoms with Gasteiger partial charge in [0.2, 0.25) is 0 Å².